The van der Waals surface area contributed by atoms with Crippen LogP contribution in [0.3, 0.4) is 0 Å². The molecule has 0 aromatic heterocycles. The molecular weight excluding hydrogens is 342 g/mol. The van der Waals surface area contributed by atoms with Crippen molar-refractivity contribution < 1.29 is 19.1 Å². The summed E-state index contributed by atoms with van der Waals surface area (Å²) in [5, 5.41) is 2.64. The summed E-state index contributed by atoms with van der Waals surface area (Å²) in [6.45, 7) is 5.78. The van der Waals surface area contributed by atoms with Crippen molar-refractivity contribution >= 4 is 12.1 Å². The minimum absolute atomic E-state index is 0.0191. The number of esters is 1. The average molecular weight is 367 g/mol. The highest BCUT2D eigenvalue weighted by Crippen LogP contribution is 2.44. The van der Waals surface area contributed by atoms with Crippen molar-refractivity contribution in [2.45, 2.75) is 32.7 Å². The second-order valence-corrected chi connectivity index (χ2v) is 7.79. The van der Waals surface area contributed by atoms with Crippen LogP contribution < -0.4 is 5.32 Å². The summed E-state index contributed by atoms with van der Waals surface area (Å²) < 4.78 is 10.3. The van der Waals surface area contributed by atoms with Gasteiger partial charge in [0.2, 0.25) is 0 Å². The Morgan fingerprint density at radius 1 is 1.00 bits per heavy atom. The number of benzene rings is 2. The van der Waals surface area contributed by atoms with Crippen LogP contribution in [0.15, 0.2) is 48.5 Å². The molecule has 0 fully saturated rings. The van der Waals surface area contributed by atoms with Gasteiger partial charge >= 0.3 is 12.1 Å². The number of carbonyl (C=O) groups is 2. The lowest BCUT2D eigenvalue weighted by molar-refractivity contribution is -0.145. The number of carbonyl (C=O) groups excluding carboxylic acids is 2. The van der Waals surface area contributed by atoms with Crippen LogP contribution in [-0.4, -0.2) is 31.8 Å². The highest BCUT2D eigenvalue weighted by atomic mass is 16.6. The summed E-state index contributed by atoms with van der Waals surface area (Å²) in [4.78, 5) is 24.3. The zero-order valence-electron chi connectivity index (χ0n) is 16.1. The predicted molar refractivity (Wildman–Crippen MR) is 103 cm³/mol. The molecule has 0 radical (unpaired) electrons. The number of hydrogen-bond acceptors (Lipinski definition) is 4. The molecule has 0 spiro atoms. The van der Waals surface area contributed by atoms with Gasteiger partial charge in [0.25, 0.3) is 0 Å². The molecule has 0 saturated carbocycles. The van der Waals surface area contributed by atoms with Crippen LogP contribution in [0.1, 0.15) is 37.8 Å². The van der Waals surface area contributed by atoms with Gasteiger partial charge in [-0.25, -0.2) is 9.59 Å². The highest BCUT2D eigenvalue weighted by Gasteiger charge is 2.35. The third-order valence-electron chi connectivity index (χ3n) is 4.91. The monoisotopic (exact) mass is 367 g/mol. The summed E-state index contributed by atoms with van der Waals surface area (Å²) >= 11 is 0. The Morgan fingerprint density at radius 3 is 2.00 bits per heavy atom. The lowest BCUT2D eigenvalue weighted by Crippen LogP contribution is -2.50. The summed E-state index contributed by atoms with van der Waals surface area (Å²) in [6, 6.07) is 15.5. The second-order valence-electron chi connectivity index (χ2n) is 7.79. The van der Waals surface area contributed by atoms with Crippen molar-refractivity contribution in [3.05, 3.63) is 59.7 Å². The molecule has 2 aromatic rings. The largest absolute Gasteiger partial charge is 0.467 e. The zero-order chi connectivity index (χ0) is 19.6. The minimum Gasteiger partial charge on any atom is -0.467 e. The van der Waals surface area contributed by atoms with Gasteiger partial charge in [-0.15, -0.1) is 0 Å². The van der Waals surface area contributed by atoms with Crippen molar-refractivity contribution in [3.63, 3.8) is 0 Å². The van der Waals surface area contributed by atoms with Gasteiger partial charge in [0.15, 0.2) is 0 Å². The number of methoxy groups -OCH3 is 1. The molecule has 5 heteroatoms. The molecule has 1 atom stereocenters. The summed E-state index contributed by atoms with van der Waals surface area (Å²) in [5.74, 6) is -0.509. The molecule has 5 nitrogen and oxygen atoms in total. The molecule has 2 aromatic carbocycles. The minimum atomic E-state index is -0.779. The zero-order valence-corrected chi connectivity index (χ0v) is 16.1. The molecule has 3 rings (SSSR count). The van der Waals surface area contributed by atoms with Crippen LogP contribution in [-0.2, 0) is 14.3 Å². The summed E-state index contributed by atoms with van der Waals surface area (Å²) in [7, 11) is 1.31. The molecule has 1 amide bonds. The molecule has 142 valence electrons. The lowest BCUT2D eigenvalue weighted by atomic mass is 9.87. The van der Waals surface area contributed by atoms with E-state index in [0.717, 1.165) is 11.1 Å². The number of alkyl carbamates (subject to hydrolysis) is 1. The molecule has 1 aliphatic rings. The van der Waals surface area contributed by atoms with Gasteiger partial charge < -0.3 is 14.8 Å². The molecule has 0 saturated heterocycles. The van der Waals surface area contributed by atoms with E-state index in [2.05, 4.69) is 29.6 Å². The van der Waals surface area contributed by atoms with Gasteiger partial charge in [0.05, 0.1) is 7.11 Å². The van der Waals surface area contributed by atoms with Crippen LogP contribution in [0.4, 0.5) is 4.79 Å². The second kappa shape index (κ2) is 7.43. The van der Waals surface area contributed by atoms with E-state index in [1.165, 1.54) is 18.2 Å². The average Bonchev–Trinajstić information content (AvgIpc) is 2.97. The van der Waals surface area contributed by atoms with E-state index < -0.39 is 23.5 Å². The molecular formula is C22H25NO4. The Morgan fingerprint density at radius 2 is 1.52 bits per heavy atom. The number of hydrogen-bond donors (Lipinski definition) is 1. The predicted octanol–water partition coefficient (Wildman–Crippen LogP) is 4.11. The number of fused-ring (bicyclic) bond motifs is 3. The van der Waals surface area contributed by atoms with Gasteiger partial charge in [-0.1, -0.05) is 69.3 Å². The van der Waals surface area contributed by atoms with Crippen LogP contribution in [0.25, 0.3) is 11.1 Å². The summed E-state index contributed by atoms with van der Waals surface area (Å²) in [5.41, 5.74) is 4.14. The maximum Gasteiger partial charge on any atom is 0.407 e. The van der Waals surface area contributed by atoms with Gasteiger partial charge in [-0.2, -0.15) is 0 Å². The van der Waals surface area contributed by atoms with Gasteiger partial charge in [0, 0.05) is 5.92 Å². The van der Waals surface area contributed by atoms with E-state index in [1.54, 1.807) is 0 Å². The Labute approximate surface area is 159 Å². The van der Waals surface area contributed by atoms with Crippen LogP contribution in [0.5, 0.6) is 0 Å². The van der Waals surface area contributed by atoms with Crippen molar-refractivity contribution in [1.82, 2.24) is 5.32 Å². The molecule has 1 aliphatic carbocycles. The first kappa shape index (κ1) is 19.0. The van der Waals surface area contributed by atoms with Crippen LogP contribution in [0.2, 0.25) is 0 Å². The Bertz CT molecular complexity index is 808. The first-order valence-corrected chi connectivity index (χ1v) is 9.02. The van der Waals surface area contributed by atoms with E-state index >= 15 is 0 Å². The van der Waals surface area contributed by atoms with Gasteiger partial charge in [-0.3, -0.25) is 0 Å². The van der Waals surface area contributed by atoms with E-state index in [0.29, 0.717) is 0 Å². The Hall–Kier alpha value is -2.82. The standard InChI is InChI=1S/C22H25NO4/c1-22(2,3)19(20(24)26-4)23-21(25)27-13-18-16-11-7-5-9-14(16)15-10-6-8-12-17(15)18/h5-12,18-19H,13H2,1-4H3,(H,23,25)/t19-/m1/s1. The van der Waals surface area contributed by atoms with Crippen molar-refractivity contribution in [3.8, 4) is 11.1 Å². The highest BCUT2D eigenvalue weighted by molar-refractivity contribution is 5.82. The van der Waals surface area contributed by atoms with Crippen molar-refractivity contribution in [1.29, 1.82) is 0 Å². The third-order valence-corrected chi connectivity index (χ3v) is 4.91. The van der Waals surface area contributed by atoms with Crippen molar-refractivity contribution in [2.75, 3.05) is 13.7 Å². The number of rotatable bonds is 4. The maximum absolute atomic E-state index is 12.4. The fraction of sp³-hybridized carbons (Fsp3) is 0.364. The maximum atomic E-state index is 12.4. The molecule has 0 aliphatic heterocycles. The first-order chi connectivity index (χ1) is 12.8. The number of ether oxygens (including phenoxy) is 2. The quantitative estimate of drug-likeness (QED) is 0.826. The van der Waals surface area contributed by atoms with Crippen molar-refractivity contribution in [2.24, 2.45) is 5.41 Å². The number of amides is 1. The molecule has 0 unspecified atom stereocenters. The topological polar surface area (TPSA) is 64.6 Å². The Balaban J connectivity index is 1.73. The Kier molecular flexibility index (Phi) is 5.22. The SMILES string of the molecule is COC(=O)[C@@H](NC(=O)OCC1c2ccccc2-c2ccccc21)C(C)(C)C. The van der Waals surface area contributed by atoms with E-state index in [9.17, 15) is 9.59 Å². The fourth-order valence-corrected chi connectivity index (χ4v) is 3.50. The van der Waals surface area contributed by atoms with Gasteiger partial charge in [-0.05, 0) is 27.7 Å². The number of nitrogens with one attached hydrogen (secondary N) is 1. The fourth-order valence-electron chi connectivity index (χ4n) is 3.50. The van der Waals surface area contributed by atoms with Crippen LogP contribution >= 0.6 is 0 Å². The van der Waals surface area contributed by atoms with Crippen LogP contribution in [0, 0.1) is 5.41 Å². The first-order valence-electron chi connectivity index (χ1n) is 9.02. The van der Waals surface area contributed by atoms with Gasteiger partial charge in [0.1, 0.15) is 12.6 Å². The third kappa shape index (κ3) is 3.82. The molecule has 0 bridgehead atoms. The van der Waals surface area contributed by atoms with E-state index in [1.807, 2.05) is 45.0 Å². The molecule has 1 N–H and O–H groups in total. The smallest absolute Gasteiger partial charge is 0.407 e. The summed E-state index contributed by atoms with van der Waals surface area (Å²) in [6.07, 6.45) is -0.623. The molecule has 27 heavy (non-hydrogen) atoms. The van der Waals surface area contributed by atoms with E-state index in [-0.39, 0.29) is 12.5 Å². The normalized spacial score (nSPS) is 14.1. The molecule has 0 heterocycles. The lowest BCUT2D eigenvalue weighted by Gasteiger charge is -2.28. The van der Waals surface area contributed by atoms with E-state index in [4.69, 9.17) is 9.47 Å².